The molecule has 0 atom stereocenters. The smallest absolute Gasteiger partial charge is 0.252 e. The van der Waals surface area contributed by atoms with E-state index in [2.05, 4.69) is 0 Å². The number of hydrogen-bond donors (Lipinski definition) is 0. The zero-order chi connectivity index (χ0) is 9.26. The molecule has 1 aromatic carbocycles. The molecule has 0 radical (unpaired) electrons. The van der Waals surface area contributed by atoms with Gasteiger partial charge in [0.05, 0.1) is 0 Å². The second-order valence-electron chi connectivity index (χ2n) is 2.70. The molecule has 1 heterocycles. The number of fused-ring (bicyclic) bond motifs is 1. The lowest BCUT2D eigenvalue weighted by atomic mass is 10.0. The Morgan fingerprint density at radius 1 is 1.38 bits per heavy atom. The Hall–Kier alpha value is -1.28. The predicted octanol–water partition coefficient (Wildman–Crippen LogP) is 2.23. The summed E-state index contributed by atoms with van der Waals surface area (Å²) in [6, 6.07) is 7.35. The molecule has 0 bridgehead atoms. The van der Waals surface area contributed by atoms with Crippen molar-refractivity contribution in [2.75, 3.05) is 6.61 Å². The molecule has 0 saturated heterocycles. The summed E-state index contributed by atoms with van der Waals surface area (Å²) in [5.74, 6) is 0.717. The van der Waals surface area contributed by atoms with E-state index in [1.807, 2.05) is 24.3 Å². The number of allylic oxidation sites excluding steroid dienone is 1. The fourth-order valence-electron chi connectivity index (χ4n) is 1.33. The number of carbonyl (C=O) groups is 1. The average Bonchev–Trinajstić information content (AvgIpc) is 2.17. The van der Waals surface area contributed by atoms with Gasteiger partial charge < -0.3 is 4.74 Å². The summed E-state index contributed by atoms with van der Waals surface area (Å²) in [5.41, 5.74) is 1.30. The molecular weight excluding hydrogens is 188 g/mol. The maximum Gasteiger partial charge on any atom is 0.252 e. The molecule has 2 nitrogen and oxygen atoms in total. The van der Waals surface area contributed by atoms with Gasteiger partial charge in [-0.15, -0.1) is 0 Å². The SMILES string of the molecule is O=C(Cl)C1=CCOc2ccccc21. The van der Waals surface area contributed by atoms with Gasteiger partial charge in [0.1, 0.15) is 12.4 Å². The van der Waals surface area contributed by atoms with Gasteiger partial charge in [0.2, 0.25) is 0 Å². The van der Waals surface area contributed by atoms with E-state index < -0.39 is 5.24 Å². The minimum Gasteiger partial charge on any atom is -0.489 e. The molecule has 2 rings (SSSR count). The third kappa shape index (κ3) is 1.45. The minimum absolute atomic E-state index is 0.408. The first-order chi connectivity index (χ1) is 6.29. The highest BCUT2D eigenvalue weighted by atomic mass is 35.5. The van der Waals surface area contributed by atoms with Gasteiger partial charge in [0.25, 0.3) is 5.24 Å². The van der Waals surface area contributed by atoms with Crippen LogP contribution in [0.1, 0.15) is 5.56 Å². The highest BCUT2D eigenvalue weighted by molar-refractivity contribution is 6.74. The maximum absolute atomic E-state index is 11.0. The number of halogens is 1. The Labute approximate surface area is 80.8 Å². The third-order valence-corrected chi connectivity index (χ3v) is 2.12. The van der Waals surface area contributed by atoms with Gasteiger partial charge in [-0.3, -0.25) is 4.79 Å². The largest absolute Gasteiger partial charge is 0.489 e. The van der Waals surface area contributed by atoms with E-state index >= 15 is 0 Å². The van der Waals surface area contributed by atoms with Crippen LogP contribution in [-0.2, 0) is 4.79 Å². The summed E-state index contributed by atoms with van der Waals surface area (Å²) in [7, 11) is 0. The number of rotatable bonds is 1. The lowest BCUT2D eigenvalue weighted by Crippen LogP contribution is -2.07. The van der Waals surface area contributed by atoms with Crippen LogP contribution in [0, 0.1) is 0 Å². The number of ether oxygens (including phenoxy) is 1. The van der Waals surface area contributed by atoms with E-state index in [9.17, 15) is 4.79 Å². The van der Waals surface area contributed by atoms with E-state index in [1.165, 1.54) is 0 Å². The maximum atomic E-state index is 11.0. The van der Waals surface area contributed by atoms with E-state index in [4.69, 9.17) is 16.3 Å². The van der Waals surface area contributed by atoms with Crippen LogP contribution in [-0.4, -0.2) is 11.8 Å². The van der Waals surface area contributed by atoms with E-state index in [1.54, 1.807) is 6.08 Å². The lowest BCUT2D eigenvalue weighted by Gasteiger charge is -2.15. The second-order valence-corrected chi connectivity index (χ2v) is 3.04. The average molecular weight is 195 g/mol. The van der Waals surface area contributed by atoms with Crippen molar-refractivity contribution in [2.45, 2.75) is 0 Å². The van der Waals surface area contributed by atoms with Crippen molar-refractivity contribution in [2.24, 2.45) is 0 Å². The molecule has 0 unspecified atom stereocenters. The quantitative estimate of drug-likeness (QED) is 0.641. The highest BCUT2D eigenvalue weighted by Crippen LogP contribution is 2.30. The molecule has 0 saturated carbocycles. The van der Waals surface area contributed by atoms with Crippen LogP contribution in [0.2, 0.25) is 0 Å². The first kappa shape index (κ1) is 8.32. The first-order valence-corrected chi connectivity index (χ1v) is 4.29. The fourth-order valence-corrected chi connectivity index (χ4v) is 1.50. The molecule has 13 heavy (non-hydrogen) atoms. The van der Waals surface area contributed by atoms with E-state index in [0.717, 1.165) is 5.56 Å². The second kappa shape index (κ2) is 3.23. The van der Waals surface area contributed by atoms with Crippen molar-refractivity contribution in [3.8, 4) is 5.75 Å². The lowest BCUT2D eigenvalue weighted by molar-refractivity contribution is -0.107. The van der Waals surface area contributed by atoms with Crippen LogP contribution < -0.4 is 4.74 Å². The Balaban J connectivity index is 2.53. The predicted molar refractivity (Wildman–Crippen MR) is 50.8 cm³/mol. The molecule has 0 spiro atoms. The molecule has 1 aromatic rings. The number of carbonyl (C=O) groups excluding carboxylic acids is 1. The number of hydrogen-bond acceptors (Lipinski definition) is 2. The van der Waals surface area contributed by atoms with Gasteiger partial charge in [-0.1, -0.05) is 18.2 Å². The minimum atomic E-state index is -0.434. The van der Waals surface area contributed by atoms with Crippen molar-refractivity contribution in [3.63, 3.8) is 0 Å². The molecule has 1 aliphatic heterocycles. The molecule has 66 valence electrons. The monoisotopic (exact) mass is 194 g/mol. The van der Waals surface area contributed by atoms with Gasteiger partial charge in [0.15, 0.2) is 0 Å². The van der Waals surface area contributed by atoms with Gasteiger partial charge in [-0.05, 0) is 23.7 Å². The Morgan fingerprint density at radius 3 is 2.92 bits per heavy atom. The van der Waals surface area contributed by atoms with Crippen LogP contribution in [0.25, 0.3) is 5.57 Å². The highest BCUT2D eigenvalue weighted by Gasteiger charge is 2.17. The molecule has 0 N–H and O–H groups in total. The first-order valence-electron chi connectivity index (χ1n) is 3.91. The van der Waals surface area contributed by atoms with Gasteiger partial charge in [0, 0.05) is 11.1 Å². The van der Waals surface area contributed by atoms with Crippen molar-refractivity contribution >= 4 is 22.4 Å². The summed E-state index contributed by atoms with van der Waals surface area (Å²) >= 11 is 5.42. The zero-order valence-corrected chi connectivity index (χ0v) is 7.54. The molecule has 0 fully saturated rings. The topological polar surface area (TPSA) is 26.3 Å². The fraction of sp³-hybridized carbons (Fsp3) is 0.100. The van der Waals surface area contributed by atoms with E-state index in [-0.39, 0.29) is 0 Å². The standard InChI is InChI=1S/C10H7ClO2/c11-10(12)8-5-6-13-9-4-2-1-3-7(8)9/h1-5H,6H2. The number of para-hydroxylation sites is 1. The zero-order valence-electron chi connectivity index (χ0n) is 6.79. The normalized spacial score (nSPS) is 14.1. The van der Waals surface area contributed by atoms with Crippen molar-refractivity contribution in [1.29, 1.82) is 0 Å². The molecule has 0 aliphatic carbocycles. The van der Waals surface area contributed by atoms with Gasteiger partial charge in [-0.2, -0.15) is 0 Å². The van der Waals surface area contributed by atoms with Crippen molar-refractivity contribution in [3.05, 3.63) is 35.9 Å². The van der Waals surface area contributed by atoms with Crippen molar-refractivity contribution in [1.82, 2.24) is 0 Å². The Morgan fingerprint density at radius 2 is 2.15 bits per heavy atom. The van der Waals surface area contributed by atoms with Crippen LogP contribution >= 0.6 is 11.6 Å². The third-order valence-electron chi connectivity index (χ3n) is 1.92. The summed E-state index contributed by atoms with van der Waals surface area (Å²) < 4.78 is 5.32. The molecular formula is C10H7ClO2. The molecule has 3 heteroatoms. The van der Waals surface area contributed by atoms with Crippen LogP contribution in [0.5, 0.6) is 5.75 Å². The van der Waals surface area contributed by atoms with Crippen LogP contribution in [0.15, 0.2) is 30.3 Å². The summed E-state index contributed by atoms with van der Waals surface area (Å²) in [5, 5.41) is -0.434. The summed E-state index contributed by atoms with van der Waals surface area (Å²) in [6.45, 7) is 0.408. The molecule has 1 aliphatic rings. The van der Waals surface area contributed by atoms with Crippen molar-refractivity contribution < 1.29 is 9.53 Å². The van der Waals surface area contributed by atoms with Crippen LogP contribution in [0.4, 0.5) is 0 Å². The number of benzene rings is 1. The van der Waals surface area contributed by atoms with Gasteiger partial charge >= 0.3 is 0 Å². The van der Waals surface area contributed by atoms with Crippen LogP contribution in [0.3, 0.4) is 0 Å². The Bertz CT molecular complexity index is 382. The Kier molecular flexibility index (Phi) is 2.07. The summed E-state index contributed by atoms with van der Waals surface area (Å²) in [6.07, 6.45) is 1.69. The summed E-state index contributed by atoms with van der Waals surface area (Å²) in [4.78, 5) is 11.0. The van der Waals surface area contributed by atoms with E-state index in [0.29, 0.717) is 17.9 Å². The molecule has 0 aromatic heterocycles. The van der Waals surface area contributed by atoms with Gasteiger partial charge in [-0.25, -0.2) is 0 Å². The molecule has 0 amide bonds.